The molecule has 0 unspecified atom stereocenters. The molecule has 0 atom stereocenters. The highest BCUT2D eigenvalue weighted by molar-refractivity contribution is 5.30. The van der Waals surface area contributed by atoms with E-state index >= 15 is 0 Å². The maximum absolute atomic E-state index is 3.58. The molecule has 0 radical (unpaired) electrons. The molecule has 0 heterocycles. The Labute approximate surface area is 106 Å². The van der Waals surface area contributed by atoms with Crippen molar-refractivity contribution in [3.8, 4) is 0 Å². The summed E-state index contributed by atoms with van der Waals surface area (Å²) in [5.41, 5.74) is 3.35. The lowest BCUT2D eigenvalue weighted by atomic mass is 9.69. The van der Waals surface area contributed by atoms with Crippen LogP contribution in [0.15, 0.2) is 24.3 Å². The molecule has 1 saturated carbocycles. The Hall–Kier alpha value is -0.820. The number of hydrogen-bond acceptors (Lipinski definition) is 1. The zero-order valence-corrected chi connectivity index (χ0v) is 11.3. The molecule has 94 valence electrons. The van der Waals surface area contributed by atoms with Gasteiger partial charge in [-0.05, 0) is 31.9 Å². The highest BCUT2D eigenvalue weighted by Gasteiger charge is 2.33. The summed E-state index contributed by atoms with van der Waals surface area (Å²) < 4.78 is 0. The van der Waals surface area contributed by atoms with Crippen molar-refractivity contribution < 1.29 is 0 Å². The van der Waals surface area contributed by atoms with Crippen LogP contribution >= 0.6 is 0 Å². The van der Waals surface area contributed by atoms with Crippen molar-refractivity contribution in [2.45, 2.75) is 51.4 Å². The zero-order chi connectivity index (χ0) is 12.1. The van der Waals surface area contributed by atoms with E-state index in [0.29, 0.717) is 5.41 Å². The summed E-state index contributed by atoms with van der Waals surface area (Å²) in [4.78, 5) is 0. The van der Waals surface area contributed by atoms with E-state index in [1.807, 2.05) is 0 Å². The van der Waals surface area contributed by atoms with Gasteiger partial charge >= 0.3 is 0 Å². The fourth-order valence-electron chi connectivity index (χ4n) is 3.14. The lowest BCUT2D eigenvalue weighted by Gasteiger charge is -2.38. The first-order chi connectivity index (χ1) is 8.27. The molecule has 2 rings (SSSR count). The second-order valence-corrected chi connectivity index (χ2v) is 5.49. The van der Waals surface area contributed by atoms with Gasteiger partial charge in [0, 0.05) is 12.0 Å². The number of hydrogen-bond donors (Lipinski definition) is 1. The summed E-state index contributed by atoms with van der Waals surface area (Å²) >= 11 is 0. The third kappa shape index (κ3) is 2.90. The molecule has 17 heavy (non-hydrogen) atoms. The minimum atomic E-state index is 0.403. The summed E-state index contributed by atoms with van der Waals surface area (Å²) in [6, 6.07) is 9.14. The van der Waals surface area contributed by atoms with E-state index in [4.69, 9.17) is 0 Å². The smallest absolute Gasteiger partial charge is 0.00778 e. The molecule has 1 heteroatoms. The molecular weight excluding hydrogens is 206 g/mol. The molecule has 1 fully saturated rings. The summed E-state index contributed by atoms with van der Waals surface area (Å²) in [6.07, 6.45) is 6.89. The quantitative estimate of drug-likeness (QED) is 0.831. The molecule has 1 aromatic carbocycles. The Morgan fingerprint density at radius 3 is 2.59 bits per heavy atom. The second-order valence-electron chi connectivity index (χ2n) is 5.49. The van der Waals surface area contributed by atoms with Crippen molar-refractivity contribution in [1.29, 1.82) is 0 Å². The van der Waals surface area contributed by atoms with Gasteiger partial charge in [-0.1, -0.05) is 56.0 Å². The third-order valence-electron chi connectivity index (χ3n) is 4.15. The Bertz CT molecular complexity index is 350. The van der Waals surface area contributed by atoms with Crippen LogP contribution in [-0.4, -0.2) is 13.1 Å². The first-order valence-corrected chi connectivity index (χ1v) is 7.05. The zero-order valence-electron chi connectivity index (χ0n) is 11.3. The van der Waals surface area contributed by atoms with Gasteiger partial charge in [0.1, 0.15) is 0 Å². The Balaban J connectivity index is 2.25. The van der Waals surface area contributed by atoms with Crippen molar-refractivity contribution in [2.75, 3.05) is 13.1 Å². The topological polar surface area (TPSA) is 12.0 Å². The van der Waals surface area contributed by atoms with Gasteiger partial charge < -0.3 is 5.32 Å². The third-order valence-corrected chi connectivity index (χ3v) is 4.15. The van der Waals surface area contributed by atoms with E-state index in [0.717, 1.165) is 13.1 Å². The van der Waals surface area contributed by atoms with Gasteiger partial charge in [-0.15, -0.1) is 0 Å². The molecule has 1 aliphatic carbocycles. The summed E-state index contributed by atoms with van der Waals surface area (Å²) in [6.45, 7) is 6.63. The number of likely N-dealkylation sites (N-methyl/N-ethyl adjacent to an activating group) is 1. The van der Waals surface area contributed by atoms with E-state index in [9.17, 15) is 0 Å². The molecule has 1 nitrogen and oxygen atoms in total. The average molecular weight is 231 g/mol. The first kappa shape index (κ1) is 12.6. The second kappa shape index (κ2) is 5.68. The molecule has 0 spiro atoms. The highest BCUT2D eigenvalue weighted by atomic mass is 14.9. The summed E-state index contributed by atoms with van der Waals surface area (Å²) in [5, 5.41) is 3.58. The minimum Gasteiger partial charge on any atom is -0.316 e. The summed E-state index contributed by atoms with van der Waals surface area (Å²) in [7, 11) is 0. The minimum absolute atomic E-state index is 0.403. The monoisotopic (exact) mass is 231 g/mol. The van der Waals surface area contributed by atoms with Gasteiger partial charge in [0.05, 0.1) is 0 Å². The van der Waals surface area contributed by atoms with Crippen LogP contribution in [0.25, 0.3) is 0 Å². The van der Waals surface area contributed by atoms with E-state index in [1.165, 1.54) is 37.7 Å². The molecule has 0 aromatic heterocycles. The molecule has 1 N–H and O–H groups in total. The van der Waals surface area contributed by atoms with Gasteiger partial charge in [0.25, 0.3) is 0 Å². The van der Waals surface area contributed by atoms with Crippen LogP contribution in [0.1, 0.15) is 50.2 Å². The van der Waals surface area contributed by atoms with Crippen molar-refractivity contribution >= 4 is 0 Å². The SMILES string of the molecule is CCNCC1(c2cccc(C)c2)CCCCC1. The number of nitrogens with one attached hydrogen (secondary N) is 1. The van der Waals surface area contributed by atoms with Crippen LogP contribution < -0.4 is 5.32 Å². The molecule has 0 saturated heterocycles. The summed E-state index contributed by atoms with van der Waals surface area (Å²) in [5.74, 6) is 0. The maximum atomic E-state index is 3.58. The predicted molar refractivity (Wildman–Crippen MR) is 74.5 cm³/mol. The van der Waals surface area contributed by atoms with Crippen LogP contribution in [0.2, 0.25) is 0 Å². The predicted octanol–water partition coefficient (Wildman–Crippen LogP) is 3.81. The highest BCUT2D eigenvalue weighted by Crippen LogP contribution is 2.39. The van der Waals surface area contributed by atoms with Crippen LogP contribution in [0, 0.1) is 6.92 Å². The van der Waals surface area contributed by atoms with Crippen LogP contribution in [0.3, 0.4) is 0 Å². The molecular formula is C16H25N. The van der Waals surface area contributed by atoms with Crippen molar-refractivity contribution in [3.05, 3.63) is 35.4 Å². The first-order valence-electron chi connectivity index (χ1n) is 7.05. The van der Waals surface area contributed by atoms with Crippen molar-refractivity contribution in [1.82, 2.24) is 5.32 Å². The molecule has 1 aromatic rings. The Morgan fingerprint density at radius 2 is 1.94 bits per heavy atom. The van der Waals surface area contributed by atoms with Gasteiger partial charge in [-0.2, -0.15) is 0 Å². The van der Waals surface area contributed by atoms with Gasteiger partial charge in [0.2, 0.25) is 0 Å². The number of rotatable bonds is 4. The van der Waals surface area contributed by atoms with Gasteiger partial charge in [-0.3, -0.25) is 0 Å². The van der Waals surface area contributed by atoms with E-state index < -0.39 is 0 Å². The fourth-order valence-corrected chi connectivity index (χ4v) is 3.14. The Kier molecular flexibility index (Phi) is 4.22. The lowest BCUT2D eigenvalue weighted by molar-refractivity contribution is 0.282. The average Bonchev–Trinajstić information content (AvgIpc) is 2.37. The normalized spacial score (nSPS) is 19.2. The lowest BCUT2D eigenvalue weighted by Crippen LogP contribution is -2.40. The molecule has 0 aliphatic heterocycles. The molecule has 0 bridgehead atoms. The molecule has 0 amide bonds. The van der Waals surface area contributed by atoms with Gasteiger partial charge in [0.15, 0.2) is 0 Å². The van der Waals surface area contributed by atoms with Crippen molar-refractivity contribution in [3.63, 3.8) is 0 Å². The van der Waals surface area contributed by atoms with Crippen LogP contribution in [0.5, 0.6) is 0 Å². The molecule has 1 aliphatic rings. The Morgan fingerprint density at radius 1 is 1.18 bits per heavy atom. The number of benzene rings is 1. The van der Waals surface area contributed by atoms with E-state index in [2.05, 4.69) is 43.4 Å². The standard InChI is InChI=1S/C16H25N/c1-3-17-13-16(10-5-4-6-11-16)15-9-7-8-14(2)12-15/h7-9,12,17H,3-6,10-11,13H2,1-2H3. The van der Waals surface area contributed by atoms with E-state index in [1.54, 1.807) is 5.56 Å². The maximum Gasteiger partial charge on any atom is 0.00778 e. The van der Waals surface area contributed by atoms with Crippen LogP contribution in [-0.2, 0) is 5.41 Å². The number of aryl methyl sites for hydroxylation is 1. The van der Waals surface area contributed by atoms with Crippen molar-refractivity contribution in [2.24, 2.45) is 0 Å². The van der Waals surface area contributed by atoms with Crippen LogP contribution in [0.4, 0.5) is 0 Å². The van der Waals surface area contributed by atoms with Gasteiger partial charge in [-0.25, -0.2) is 0 Å². The fraction of sp³-hybridized carbons (Fsp3) is 0.625. The largest absolute Gasteiger partial charge is 0.316 e. The van der Waals surface area contributed by atoms with E-state index in [-0.39, 0.29) is 0 Å².